The van der Waals surface area contributed by atoms with Crippen molar-refractivity contribution >= 4 is 28.4 Å². The first kappa shape index (κ1) is 17.5. The first-order valence-corrected chi connectivity index (χ1v) is 8.84. The van der Waals surface area contributed by atoms with E-state index in [1.165, 1.54) is 0 Å². The summed E-state index contributed by atoms with van der Waals surface area (Å²) in [6.45, 7) is 2.11. The molecule has 0 radical (unpaired) electrons. The fraction of sp³-hybridized carbons (Fsp3) is 0.235. The molecule has 6 heteroatoms. The standard InChI is InChI=1S/C17H17ClO4S/c1-2-23(20)16-9-4-3-8-15(16)17(19)22-11-10-21-14-7-5-6-13(18)12-14/h3-9,12H,2,10-11H2,1H3. The molecule has 1 unspecified atom stereocenters. The molecule has 0 saturated heterocycles. The average molecular weight is 353 g/mol. The van der Waals surface area contributed by atoms with Gasteiger partial charge in [0, 0.05) is 10.8 Å². The quantitative estimate of drug-likeness (QED) is 0.563. The third-order valence-electron chi connectivity index (χ3n) is 3.00. The Kier molecular flexibility index (Phi) is 6.62. The van der Waals surface area contributed by atoms with Crippen molar-refractivity contribution in [3.63, 3.8) is 0 Å². The van der Waals surface area contributed by atoms with E-state index in [1.807, 2.05) is 0 Å². The normalized spacial score (nSPS) is 11.7. The van der Waals surface area contributed by atoms with Gasteiger partial charge >= 0.3 is 5.97 Å². The van der Waals surface area contributed by atoms with E-state index in [2.05, 4.69) is 0 Å². The van der Waals surface area contributed by atoms with Crippen molar-refractivity contribution in [2.75, 3.05) is 19.0 Å². The molecule has 2 aromatic carbocycles. The van der Waals surface area contributed by atoms with Gasteiger partial charge in [-0.25, -0.2) is 4.79 Å². The summed E-state index contributed by atoms with van der Waals surface area (Å²) in [5, 5.41) is 0.579. The van der Waals surface area contributed by atoms with Crippen LogP contribution in [0.5, 0.6) is 5.75 Å². The van der Waals surface area contributed by atoms with Gasteiger partial charge in [-0.3, -0.25) is 4.21 Å². The zero-order valence-corrected chi connectivity index (χ0v) is 14.2. The molecule has 1 atom stereocenters. The predicted octanol–water partition coefficient (Wildman–Crippen LogP) is 3.70. The van der Waals surface area contributed by atoms with Gasteiger partial charge in [0.15, 0.2) is 0 Å². The van der Waals surface area contributed by atoms with Gasteiger partial charge in [0.2, 0.25) is 0 Å². The maximum atomic E-state index is 12.1. The van der Waals surface area contributed by atoms with Gasteiger partial charge in [-0.15, -0.1) is 0 Å². The Labute approximate surface area is 142 Å². The summed E-state index contributed by atoms with van der Waals surface area (Å²) in [6, 6.07) is 13.7. The Bertz CT molecular complexity index is 702. The number of benzene rings is 2. The van der Waals surface area contributed by atoms with Crippen LogP contribution in [0.2, 0.25) is 5.02 Å². The number of esters is 1. The molecule has 2 rings (SSSR count). The summed E-state index contributed by atoms with van der Waals surface area (Å²) in [6.07, 6.45) is 0. The topological polar surface area (TPSA) is 52.6 Å². The molecule has 0 aliphatic carbocycles. The molecule has 0 fully saturated rings. The highest BCUT2D eigenvalue weighted by Crippen LogP contribution is 2.17. The average Bonchev–Trinajstić information content (AvgIpc) is 2.58. The Morgan fingerprint density at radius 1 is 1.13 bits per heavy atom. The number of halogens is 1. The maximum Gasteiger partial charge on any atom is 0.339 e. The van der Waals surface area contributed by atoms with Crippen LogP contribution < -0.4 is 4.74 Å². The van der Waals surface area contributed by atoms with Crippen molar-refractivity contribution in [2.45, 2.75) is 11.8 Å². The number of carbonyl (C=O) groups excluding carboxylic acids is 1. The van der Waals surface area contributed by atoms with Crippen LogP contribution in [0, 0.1) is 0 Å². The van der Waals surface area contributed by atoms with Crippen LogP contribution in [0.15, 0.2) is 53.4 Å². The molecule has 2 aromatic rings. The summed E-state index contributed by atoms with van der Waals surface area (Å²) >= 11 is 5.85. The minimum absolute atomic E-state index is 0.0957. The SMILES string of the molecule is CCS(=O)c1ccccc1C(=O)OCCOc1cccc(Cl)c1. The van der Waals surface area contributed by atoms with E-state index in [0.29, 0.717) is 27.0 Å². The van der Waals surface area contributed by atoms with Gasteiger partial charge in [0.05, 0.1) is 21.3 Å². The van der Waals surface area contributed by atoms with Gasteiger partial charge < -0.3 is 9.47 Å². The first-order chi connectivity index (χ1) is 11.1. The van der Waals surface area contributed by atoms with E-state index in [9.17, 15) is 9.00 Å². The van der Waals surface area contributed by atoms with Crippen LogP contribution in [0.4, 0.5) is 0 Å². The first-order valence-electron chi connectivity index (χ1n) is 7.14. The molecule has 122 valence electrons. The van der Waals surface area contributed by atoms with Crippen molar-refractivity contribution in [3.05, 3.63) is 59.1 Å². The van der Waals surface area contributed by atoms with Gasteiger partial charge in [0.1, 0.15) is 19.0 Å². The number of rotatable bonds is 7. The van der Waals surface area contributed by atoms with Crippen molar-refractivity contribution < 1.29 is 18.5 Å². The number of ether oxygens (including phenoxy) is 2. The Morgan fingerprint density at radius 2 is 1.91 bits per heavy atom. The second kappa shape index (κ2) is 8.70. The molecule has 0 amide bonds. The molecule has 0 aliphatic rings. The zero-order chi connectivity index (χ0) is 16.7. The number of hydrogen-bond donors (Lipinski definition) is 0. The van der Waals surface area contributed by atoms with E-state index in [1.54, 1.807) is 55.5 Å². The molecule has 0 saturated carbocycles. The molecular weight excluding hydrogens is 336 g/mol. The van der Waals surface area contributed by atoms with Crippen LogP contribution in [0.1, 0.15) is 17.3 Å². The highest BCUT2D eigenvalue weighted by atomic mass is 35.5. The summed E-state index contributed by atoms with van der Waals surface area (Å²) in [7, 11) is -1.21. The van der Waals surface area contributed by atoms with E-state index >= 15 is 0 Å². The fourth-order valence-electron chi connectivity index (χ4n) is 1.92. The highest BCUT2D eigenvalue weighted by molar-refractivity contribution is 7.85. The summed E-state index contributed by atoms with van der Waals surface area (Å²) in [5.41, 5.74) is 0.329. The molecule has 0 N–H and O–H groups in total. The predicted molar refractivity (Wildman–Crippen MR) is 90.6 cm³/mol. The Balaban J connectivity index is 1.89. The molecule has 4 nitrogen and oxygen atoms in total. The summed E-state index contributed by atoms with van der Waals surface area (Å²) in [5.74, 6) is 0.556. The van der Waals surface area contributed by atoms with Gasteiger partial charge in [-0.1, -0.05) is 36.7 Å². The lowest BCUT2D eigenvalue weighted by Gasteiger charge is -2.10. The Hall–Kier alpha value is -1.85. The smallest absolute Gasteiger partial charge is 0.339 e. The van der Waals surface area contributed by atoms with Crippen LogP contribution in [0.25, 0.3) is 0 Å². The number of hydrogen-bond acceptors (Lipinski definition) is 4. The van der Waals surface area contributed by atoms with Gasteiger partial charge in [-0.2, -0.15) is 0 Å². The summed E-state index contributed by atoms with van der Waals surface area (Å²) < 4.78 is 22.6. The van der Waals surface area contributed by atoms with Crippen LogP contribution in [0.3, 0.4) is 0 Å². The molecule has 0 aromatic heterocycles. The van der Waals surface area contributed by atoms with Crippen LogP contribution >= 0.6 is 11.6 Å². The van der Waals surface area contributed by atoms with Crippen molar-refractivity contribution in [2.24, 2.45) is 0 Å². The van der Waals surface area contributed by atoms with E-state index in [0.717, 1.165) is 0 Å². The number of carbonyl (C=O) groups is 1. The molecular formula is C17H17ClO4S. The van der Waals surface area contributed by atoms with Crippen LogP contribution in [-0.4, -0.2) is 29.1 Å². The molecule has 0 bridgehead atoms. The lowest BCUT2D eigenvalue weighted by atomic mass is 10.2. The lowest BCUT2D eigenvalue weighted by Crippen LogP contribution is -2.14. The van der Waals surface area contributed by atoms with E-state index in [4.69, 9.17) is 21.1 Å². The highest BCUT2D eigenvalue weighted by Gasteiger charge is 2.15. The maximum absolute atomic E-state index is 12.1. The van der Waals surface area contributed by atoms with E-state index < -0.39 is 16.8 Å². The minimum atomic E-state index is -1.21. The van der Waals surface area contributed by atoms with Crippen molar-refractivity contribution in [1.82, 2.24) is 0 Å². The monoisotopic (exact) mass is 352 g/mol. The van der Waals surface area contributed by atoms with Crippen LogP contribution in [-0.2, 0) is 15.5 Å². The fourth-order valence-corrected chi connectivity index (χ4v) is 3.04. The minimum Gasteiger partial charge on any atom is -0.490 e. The molecule has 0 heterocycles. The largest absolute Gasteiger partial charge is 0.490 e. The van der Waals surface area contributed by atoms with Crippen molar-refractivity contribution in [1.29, 1.82) is 0 Å². The molecule has 0 aliphatic heterocycles. The zero-order valence-electron chi connectivity index (χ0n) is 12.7. The van der Waals surface area contributed by atoms with Gasteiger partial charge in [-0.05, 0) is 30.3 Å². The second-order valence-electron chi connectivity index (χ2n) is 4.57. The summed E-state index contributed by atoms with van der Waals surface area (Å²) in [4.78, 5) is 12.6. The van der Waals surface area contributed by atoms with Gasteiger partial charge in [0.25, 0.3) is 0 Å². The Morgan fingerprint density at radius 3 is 2.65 bits per heavy atom. The third-order valence-corrected chi connectivity index (χ3v) is 4.60. The molecule has 23 heavy (non-hydrogen) atoms. The molecule has 0 spiro atoms. The second-order valence-corrected chi connectivity index (χ2v) is 6.72. The lowest BCUT2D eigenvalue weighted by molar-refractivity contribution is 0.0446. The van der Waals surface area contributed by atoms with E-state index in [-0.39, 0.29) is 13.2 Å². The third kappa shape index (κ3) is 5.08. The van der Waals surface area contributed by atoms with Crippen molar-refractivity contribution in [3.8, 4) is 5.75 Å².